The molecule has 0 bridgehead atoms. The molecule has 0 aliphatic heterocycles. The Morgan fingerprint density at radius 1 is 1.10 bits per heavy atom. The van der Waals surface area contributed by atoms with E-state index in [0.29, 0.717) is 39.6 Å². The van der Waals surface area contributed by atoms with Crippen LogP contribution < -0.4 is 4.74 Å². The van der Waals surface area contributed by atoms with E-state index in [1.807, 2.05) is 0 Å². The molecule has 0 aromatic carbocycles. The van der Waals surface area contributed by atoms with Crippen LogP contribution in [0.25, 0.3) is 0 Å². The van der Waals surface area contributed by atoms with Gasteiger partial charge in [0.15, 0.2) is 5.69 Å². The molecule has 0 aliphatic rings. The molecule has 1 N–H and O–H groups in total. The first-order valence-corrected chi connectivity index (χ1v) is 6.21. The van der Waals surface area contributed by atoms with Gasteiger partial charge in [0.25, 0.3) is 0 Å². The predicted octanol–water partition coefficient (Wildman–Crippen LogP) is 0.838. The topological polar surface area (TPSA) is 87.1 Å². The number of aromatic nitrogens is 1. The van der Waals surface area contributed by atoms with Crippen molar-refractivity contribution in [2.75, 3.05) is 46.8 Å². The van der Waals surface area contributed by atoms with Crippen molar-refractivity contribution < 1.29 is 28.8 Å². The monoisotopic (exact) mass is 285 g/mol. The van der Waals surface area contributed by atoms with Crippen molar-refractivity contribution in [1.29, 1.82) is 0 Å². The van der Waals surface area contributed by atoms with Crippen molar-refractivity contribution in [2.45, 2.75) is 0 Å². The summed E-state index contributed by atoms with van der Waals surface area (Å²) >= 11 is 0. The van der Waals surface area contributed by atoms with Gasteiger partial charge in [-0.3, -0.25) is 0 Å². The minimum atomic E-state index is -1.08. The Labute approximate surface area is 117 Å². The molecule has 0 fully saturated rings. The Morgan fingerprint density at radius 3 is 2.40 bits per heavy atom. The summed E-state index contributed by atoms with van der Waals surface area (Å²) in [6.07, 6.45) is 0. The molecule has 1 rings (SSSR count). The zero-order chi connectivity index (χ0) is 14.6. The molecule has 1 aromatic heterocycles. The van der Waals surface area contributed by atoms with Crippen molar-refractivity contribution in [3.8, 4) is 5.88 Å². The van der Waals surface area contributed by atoms with Gasteiger partial charge in [-0.15, -0.1) is 0 Å². The largest absolute Gasteiger partial charge is 0.477 e. The fourth-order valence-electron chi connectivity index (χ4n) is 1.28. The molecule has 1 aromatic rings. The maximum absolute atomic E-state index is 10.7. The van der Waals surface area contributed by atoms with E-state index in [1.165, 1.54) is 6.07 Å². The van der Waals surface area contributed by atoms with Crippen LogP contribution >= 0.6 is 0 Å². The van der Waals surface area contributed by atoms with Crippen LogP contribution in [-0.2, 0) is 14.2 Å². The molecule has 0 atom stereocenters. The summed E-state index contributed by atoms with van der Waals surface area (Å²) in [6, 6.07) is 4.58. The molecule has 0 radical (unpaired) electrons. The van der Waals surface area contributed by atoms with Crippen LogP contribution in [0.1, 0.15) is 10.5 Å². The highest BCUT2D eigenvalue weighted by Crippen LogP contribution is 2.07. The molecule has 20 heavy (non-hydrogen) atoms. The number of nitrogens with zero attached hydrogens (tertiary/aromatic N) is 1. The highest BCUT2D eigenvalue weighted by molar-refractivity contribution is 5.85. The SMILES string of the molecule is COCCOCCOCCOc1cccc(C(=O)O)n1. The number of carboxylic acids is 1. The summed E-state index contributed by atoms with van der Waals surface area (Å²) in [5, 5.41) is 8.77. The molecule has 0 spiro atoms. The van der Waals surface area contributed by atoms with E-state index < -0.39 is 5.97 Å². The van der Waals surface area contributed by atoms with Gasteiger partial charge in [-0.2, -0.15) is 0 Å². The van der Waals surface area contributed by atoms with Crippen molar-refractivity contribution in [1.82, 2.24) is 4.98 Å². The van der Waals surface area contributed by atoms with E-state index in [2.05, 4.69) is 4.98 Å². The van der Waals surface area contributed by atoms with Crippen LogP contribution in [0.3, 0.4) is 0 Å². The Hall–Kier alpha value is -1.70. The lowest BCUT2D eigenvalue weighted by Crippen LogP contribution is -2.13. The van der Waals surface area contributed by atoms with Gasteiger partial charge in [0, 0.05) is 13.2 Å². The molecular formula is C13H19NO6. The zero-order valence-corrected chi connectivity index (χ0v) is 11.4. The Balaban J connectivity index is 2.06. The Kier molecular flexibility index (Phi) is 8.28. The van der Waals surface area contributed by atoms with Crippen LogP contribution in [-0.4, -0.2) is 62.8 Å². The molecule has 7 heteroatoms. The number of carbonyl (C=O) groups is 1. The van der Waals surface area contributed by atoms with Crippen molar-refractivity contribution in [2.24, 2.45) is 0 Å². The summed E-state index contributed by atoms with van der Waals surface area (Å²) in [5.74, 6) is -0.815. The number of ether oxygens (including phenoxy) is 4. The lowest BCUT2D eigenvalue weighted by atomic mass is 10.3. The van der Waals surface area contributed by atoms with E-state index in [1.54, 1.807) is 19.2 Å². The van der Waals surface area contributed by atoms with Crippen molar-refractivity contribution >= 4 is 5.97 Å². The summed E-state index contributed by atoms with van der Waals surface area (Å²) in [6.45, 7) is 2.75. The first kappa shape index (κ1) is 16.4. The lowest BCUT2D eigenvalue weighted by molar-refractivity contribution is 0.0176. The number of aromatic carboxylic acids is 1. The average Bonchev–Trinajstić information content (AvgIpc) is 2.46. The summed E-state index contributed by atoms with van der Waals surface area (Å²) < 4.78 is 20.6. The second-order valence-electron chi connectivity index (χ2n) is 3.73. The zero-order valence-electron chi connectivity index (χ0n) is 11.4. The first-order valence-electron chi connectivity index (χ1n) is 6.21. The third kappa shape index (κ3) is 7.03. The Morgan fingerprint density at radius 2 is 1.75 bits per heavy atom. The minimum absolute atomic E-state index is 0.0463. The maximum atomic E-state index is 10.7. The van der Waals surface area contributed by atoms with Crippen LogP contribution in [0.5, 0.6) is 5.88 Å². The van der Waals surface area contributed by atoms with Gasteiger partial charge in [0.2, 0.25) is 5.88 Å². The van der Waals surface area contributed by atoms with Crippen molar-refractivity contribution in [3.63, 3.8) is 0 Å². The third-order valence-corrected chi connectivity index (χ3v) is 2.22. The highest BCUT2D eigenvalue weighted by Gasteiger charge is 2.05. The maximum Gasteiger partial charge on any atom is 0.354 e. The number of carboxylic acid groups (broad SMARTS) is 1. The van der Waals surface area contributed by atoms with Gasteiger partial charge in [-0.1, -0.05) is 6.07 Å². The fraction of sp³-hybridized carbons (Fsp3) is 0.538. The molecule has 0 saturated carbocycles. The van der Waals surface area contributed by atoms with Gasteiger partial charge < -0.3 is 24.1 Å². The van der Waals surface area contributed by atoms with E-state index in [9.17, 15) is 4.79 Å². The second kappa shape index (κ2) is 10.1. The molecule has 7 nitrogen and oxygen atoms in total. The summed E-state index contributed by atoms with van der Waals surface area (Å²) in [7, 11) is 1.62. The lowest BCUT2D eigenvalue weighted by Gasteiger charge is -2.07. The molecule has 0 amide bonds. The van der Waals surface area contributed by atoms with Gasteiger partial charge >= 0.3 is 5.97 Å². The van der Waals surface area contributed by atoms with Crippen LogP contribution in [0.2, 0.25) is 0 Å². The third-order valence-electron chi connectivity index (χ3n) is 2.22. The van der Waals surface area contributed by atoms with Crippen LogP contribution in [0.15, 0.2) is 18.2 Å². The van der Waals surface area contributed by atoms with E-state index in [0.717, 1.165) is 0 Å². The summed E-state index contributed by atoms with van der Waals surface area (Å²) in [4.78, 5) is 14.5. The second-order valence-corrected chi connectivity index (χ2v) is 3.73. The Bertz CT molecular complexity index is 398. The van der Waals surface area contributed by atoms with Gasteiger partial charge in [-0.25, -0.2) is 9.78 Å². The number of hydrogen-bond donors (Lipinski definition) is 1. The van der Waals surface area contributed by atoms with Crippen LogP contribution in [0, 0.1) is 0 Å². The van der Waals surface area contributed by atoms with E-state index >= 15 is 0 Å². The molecule has 0 unspecified atom stereocenters. The van der Waals surface area contributed by atoms with Crippen LogP contribution in [0.4, 0.5) is 0 Å². The predicted molar refractivity (Wildman–Crippen MR) is 70.2 cm³/mol. The molecule has 1 heterocycles. The normalized spacial score (nSPS) is 10.4. The smallest absolute Gasteiger partial charge is 0.354 e. The number of hydrogen-bond acceptors (Lipinski definition) is 6. The number of methoxy groups -OCH3 is 1. The minimum Gasteiger partial charge on any atom is -0.477 e. The van der Waals surface area contributed by atoms with E-state index in [4.69, 9.17) is 24.1 Å². The summed E-state index contributed by atoms with van der Waals surface area (Å²) in [5.41, 5.74) is -0.0463. The fourth-order valence-corrected chi connectivity index (χ4v) is 1.28. The molecule has 0 aliphatic carbocycles. The van der Waals surface area contributed by atoms with Gasteiger partial charge in [-0.05, 0) is 6.07 Å². The van der Waals surface area contributed by atoms with Gasteiger partial charge in [0.05, 0.1) is 33.0 Å². The first-order chi connectivity index (χ1) is 9.74. The highest BCUT2D eigenvalue weighted by atomic mass is 16.6. The molecule has 0 saturated heterocycles. The van der Waals surface area contributed by atoms with Gasteiger partial charge in [0.1, 0.15) is 6.61 Å². The standard InChI is InChI=1S/C13H19NO6/c1-17-5-6-18-7-8-19-9-10-20-12-4-2-3-11(14-12)13(15)16/h2-4H,5-10H2,1H3,(H,15,16). The number of pyridine rings is 1. The molecular weight excluding hydrogens is 266 g/mol. The quantitative estimate of drug-likeness (QED) is 0.603. The molecule has 112 valence electrons. The van der Waals surface area contributed by atoms with E-state index in [-0.39, 0.29) is 11.6 Å². The average molecular weight is 285 g/mol. The number of rotatable bonds is 11. The van der Waals surface area contributed by atoms with Crippen molar-refractivity contribution in [3.05, 3.63) is 23.9 Å².